The Labute approximate surface area is 188 Å². The second-order valence-corrected chi connectivity index (χ2v) is 9.57. The fraction of sp³-hybridized carbons (Fsp3) is 0.280. The summed E-state index contributed by atoms with van der Waals surface area (Å²) in [7, 11) is 0. The van der Waals surface area contributed by atoms with E-state index in [1.807, 2.05) is 61.5 Å². The van der Waals surface area contributed by atoms with Crippen LogP contribution in [0.15, 0.2) is 66.2 Å². The molecule has 0 aliphatic carbocycles. The Bertz CT molecular complexity index is 1120. The van der Waals surface area contributed by atoms with Crippen LogP contribution in [0, 0.1) is 0 Å². The number of carbonyl (C=O) groups excluding carboxylic acids is 2. The first-order valence-corrected chi connectivity index (χ1v) is 12.4. The van der Waals surface area contributed by atoms with E-state index in [2.05, 4.69) is 18.0 Å². The van der Waals surface area contributed by atoms with Crippen molar-refractivity contribution >= 4 is 41.1 Å². The second-order valence-electron chi connectivity index (χ2n) is 7.38. The molecule has 1 unspecified atom stereocenters. The third-order valence-corrected chi connectivity index (χ3v) is 7.41. The normalized spacial score (nSPS) is 16.3. The molecule has 1 aliphatic heterocycles. The van der Waals surface area contributed by atoms with Crippen LogP contribution in [0.25, 0.3) is 10.9 Å². The molecule has 0 spiro atoms. The minimum atomic E-state index is -0.365. The van der Waals surface area contributed by atoms with Crippen LogP contribution in [0.4, 0.5) is 4.79 Å². The summed E-state index contributed by atoms with van der Waals surface area (Å²) < 4.78 is 6.49. The number of hydrogen-bond donors (Lipinski definition) is 1. The Balaban J connectivity index is 1.85. The Hall–Kier alpha value is -2.82. The van der Waals surface area contributed by atoms with E-state index in [4.69, 9.17) is 4.74 Å². The van der Waals surface area contributed by atoms with Gasteiger partial charge < -0.3 is 0 Å². The summed E-state index contributed by atoms with van der Waals surface area (Å²) >= 11 is -0.365. The quantitative estimate of drug-likeness (QED) is 0.414. The van der Waals surface area contributed by atoms with Crippen molar-refractivity contribution in [3.8, 4) is 0 Å². The van der Waals surface area contributed by atoms with Crippen LogP contribution < -0.4 is 4.46 Å². The van der Waals surface area contributed by atoms with Crippen molar-refractivity contribution in [3.63, 3.8) is 0 Å². The van der Waals surface area contributed by atoms with Gasteiger partial charge in [-0.1, -0.05) is 0 Å². The van der Waals surface area contributed by atoms with E-state index >= 15 is 0 Å². The SMILES string of the molecule is CCOC(=O)N1CCC=C(CC)C1c1c(C(=O)[Se]c2ccccc2)[nH]c2ccccc12. The minimum absolute atomic E-state index is 0.0785. The number of aromatic nitrogens is 1. The number of rotatable bonds is 6. The molecule has 1 atom stereocenters. The zero-order chi connectivity index (χ0) is 21.8. The molecule has 0 saturated heterocycles. The van der Waals surface area contributed by atoms with Crippen molar-refractivity contribution in [1.29, 1.82) is 0 Å². The van der Waals surface area contributed by atoms with Gasteiger partial charge in [0.2, 0.25) is 0 Å². The van der Waals surface area contributed by atoms with Gasteiger partial charge in [-0.25, -0.2) is 0 Å². The van der Waals surface area contributed by atoms with Crippen molar-refractivity contribution in [1.82, 2.24) is 9.88 Å². The van der Waals surface area contributed by atoms with E-state index in [9.17, 15) is 9.59 Å². The predicted molar refractivity (Wildman–Crippen MR) is 124 cm³/mol. The molecule has 6 heteroatoms. The van der Waals surface area contributed by atoms with E-state index in [0.29, 0.717) is 18.8 Å². The molecule has 0 radical (unpaired) electrons. The van der Waals surface area contributed by atoms with Gasteiger partial charge in [0.15, 0.2) is 0 Å². The number of amides is 1. The molecule has 1 aromatic heterocycles. The summed E-state index contributed by atoms with van der Waals surface area (Å²) in [6.45, 7) is 4.81. The van der Waals surface area contributed by atoms with Crippen molar-refractivity contribution in [2.45, 2.75) is 32.7 Å². The van der Waals surface area contributed by atoms with E-state index in [1.165, 1.54) is 0 Å². The van der Waals surface area contributed by atoms with Gasteiger partial charge in [0.25, 0.3) is 0 Å². The first kappa shape index (κ1) is 21.4. The van der Waals surface area contributed by atoms with Crippen LogP contribution in [0.1, 0.15) is 48.8 Å². The average Bonchev–Trinajstić information content (AvgIpc) is 3.18. The van der Waals surface area contributed by atoms with E-state index < -0.39 is 0 Å². The van der Waals surface area contributed by atoms with Gasteiger partial charge in [-0.05, 0) is 0 Å². The molecule has 0 fully saturated rings. The van der Waals surface area contributed by atoms with Crippen LogP contribution in [0.3, 0.4) is 0 Å². The molecule has 160 valence electrons. The Morgan fingerprint density at radius 1 is 1.10 bits per heavy atom. The topological polar surface area (TPSA) is 62.4 Å². The van der Waals surface area contributed by atoms with Crippen LogP contribution in [-0.4, -0.2) is 48.8 Å². The third kappa shape index (κ3) is 4.32. The standard InChI is InChI=1S/C25H26N2O3Se/c1-3-17-11-10-16-27(25(29)30-4-2)23(17)21-19-14-8-9-15-20(19)26-22(21)24(28)31-18-12-6-5-7-13-18/h5-9,11-15,23,26H,3-4,10,16H2,1-2H3. The molecule has 2 heterocycles. The summed E-state index contributed by atoms with van der Waals surface area (Å²) in [6, 6.07) is 17.5. The van der Waals surface area contributed by atoms with Crippen molar-refractivity contribution in [3.05, 3.63) is 77.5 Å². The van der Waals surface area contributed by atoms with Gasteiger partial charge in [-0.15, -0.1) is 0 Å². The fourth-order valence-corrected chi connectivity index (χ4v) is 5.78. The molecule has 5 nitrogen and oxygen atoms in total. The number of fused-ring (bicyclic) bond motifs is 1. The number of aromatic amines is 1. The zero-order valence-corrected chi connectivity index (χ0v) is 19.5. The number of hydrogen-bond acceptors (Lipinski definition) is 3. The first-order chi connectivity index (χ1) is 15.1. The Kier molecular flexibility index (Phi) is 6.59. The summed E-state index contributed by atoms with van der Waals surface area (Å²) in [5.41, 5.74) is 3.55. The van der Waals surface area contributed by atoms with Gasteiger partial charge in [0, 0.05) is 0 Å². The number of nitrogens with one attached hydrogen (secondary N) is 1. The number of benzene rings is 2. The Morgan fingerprint density at radius 2 is 1.84 bits per heavy atom. The molecular formula is C25H26N2O3Se. The number of ether oxygens (including phenoxy) is 1. The third-order valence-electron chi connectivity index (χ3n) is 5.53. The average molecular weight is 481 g/mol. The van der Waals surface area contributed by atoms with E-state index in [1.54, 1.807) is 4.90 Å². The number of nitrogens with zero attached hydrogens (tertiary/aromatic N) is 1. The van der Waals surface area contributed by atoms with E-state index in [-0.39, 0.29) is 31.8 Å². The summed E-state index contributed by atoms with van der Waals surface area (Å²) in [4.78, 5) is 31.5. The molecule has 1 N–H and O–H groups in total. The van der Waals surface area contributed by atoms with Crippen LogP contribution >= 0.6 is 0 Å². The summed E-state index contributed by atoms with van der Waals surface area (Å²) in [6.07, 6.45) is 3.47. The molecule has 31 heavy (non-hydrogen) atoms. The van der Waals surface area contributed by atoms with Gasteiger partial charge in [0.1, 0.15) is 0 Å². The van der Waals surface area contributed by atoms with Crippen LogP contribution in [-0.2, 0) is 4.74 Å². The molecule has 1 aliphatic rings. The van der Waals surface area contributed by atoms with E-state index in [0.717, 1.165) is 39.3 Å². The maximum atomic E-state index is 13.5. The summed E-state index contributed by atoms with van der Waals surface area (Å²) in [5.74, 6) is 0. The van der Waals surface area contributed by atoms with Crippen molar-refractivity contribution < 1.29 is 14.3 Å². The fourth-order valence-electron chi connectivity index (χ4n) is 4.17. The maximum absolute atomic E-state index is 13.5. The molecule has 0 bridgehead atoms. The number of carbonyl (C=O) groups is 2. The molecule has 4 rings (SSSR count). The zero-order valence-electron chi connectivity index (χ0n) is 17.8. The van der Waals surface area contributed by atoms with Gasteiger partial charge in [-0.3, -0.25) is 0 Å². The second kappa shape index (κ2) is 9.54. The molecule has 2 aromatic carbocycles. The van der Waals surface area contributed by atoms with Crippen LogP contribution in [0.2, 0.25) is 0 Å². The number of para-hydroxylation sites is 1. The molecule has 1 amide bonds. The monoisotopic (exact) mass is 482 g/mol. The van der Waals surface area contributed by atoms with Gasteiger partial charge in [-0.2, -0.15) is 0 Å². The molecule has 3 aromatic rings. The molecule has 0 saturated carbocycles. The predicted octanol–water partition coefficient (Wildman–Crippen LogP) is 4.58. The van der Waals surface area contributed by atoms with Crippen LogP contribution in [0.5, 0.6) is 0 Å². The molecular weight excluding hydrogens is 455 g/mol. The summed E-state index contributed by atoms with van der Waals surface area (Å²) in [5, 5.41) is 0.982. The Morgan fingerprint density at radius 3 is 2.58 bits per heavy atom. The number of H-pyrrole nitrogens is 1. The first-order valence-electron chi connectivity index (χ1n) is 10.6. The van der Waals surface area contributed by atoms with Crippen molar-refractivity contribution in [2.75, 3.05) is 13.2 Å². The van der Waals surface area contributed by atoms with Gasteiger partial charge >= 0.3 is 189 Å². The van der Waals surface area contributed by atoms with Gasteiger partial charge in [0.05, 0.1) is 0 Å². The van der Waals surface area contributed by atoms with Crippen molar-refractivity contribution in [2.24, 2.45) is 0 Å².